The number of benzene rings is 1. The fourth-order valence-electron chi connectivity index (χ4n) is 2.48. The lowest BCUT2D eigenvalue weighted by atomic mass is 10.0. The Morgan fingerprint density at radius 2 is 2.13 bits per heavy atom. The normalized spacial score (nSPS) is 24.3. The largest absolute Gasteiger partial charge is 0.326 e. The molecule has 2 N–H and O–H groups in total. The van der Waals surface area contributed by atoms with Crippen molar-refractivity contribution < 1.29 is 0 Å². The fraction of sp³-hybridized carbons (Fsp3) is 0.538. The molecule has 2 heteroatoms. The predicted molar refractivity (Wildman–Crippen MR) is 63.6 cm³/mol. The Morgan fingerprint density at radius 3 is 2.67 bits per heavy atom. The third-order valence-electron chi connectivity index (χ3n) is 3.27. The summed E-state index contributed by atoms with van der Waals surface area (Å²) >= 11 is 0. The van der Waals surface area contributed by atoms with Crippen LogP contribution in [0.1, 0.15) is 31.4 Å². The van der Waals surface area contributed by atoms with Gasteiger partial charge in [-0.3, -0.25) is 4.90 Å². The summed E-state index contributed by atoms with van der Waals surface area (Å²) in [6.07, 6.45) is 2.31. The van der Waals surface area contributed by atoms with E-state index in [1.165, 1.54) is 5.56 Å². The lowest BCUT2D eigenvalue weighted by molar-refractivity contribution is 0.236. The van der Waals surface area contributed by atoms with Crippen molar-refractivity contribution in [1.29, 1.82) is 0 Å². The molecule has 1 aliphatic heterocycles. The van der Waals surface area contributed by atoms with E-state index in [0.717, 1.165) is 25.9 Å². The molecule has 1 unspecified atom stereocenters. The Hall–Kier alpha value is -0.860. The molecule has 0 spiro atoms. The van der Waals surface area contributed by atoms with Crippen molar-refractivity contribution in [1.82, 2.24) is 4.90 Å². The van der Waals surface area contributed by atoms with E-state index >= 15 is 0 Å². The Kier molecular flexibility index (Phi) is 3.39. The van der Waals surface area contributed by atoms with Crippen molar-refractivity contribution in [2.75, 3.05) is 13.1 Å². The molecule has 0 aromatic heterocycles. The summed E-state index contributed by atoms with van der Waals surface area (Å²) < 4.78 is 0. The van der Waals surface area contributed by atoms with Gasteiger partial charge in [-0.15, -0.1) is 0 Å². The van der Waals surface area contributed by atoms with Gasteiger partial charge in [0.05, 0.1) is 0 Å². The maximum absolute atomic E-state index is 5.95. The number of rotatable bonds is 3. The minimum Gasteiger partial charge on any atom is -0.326 e. The summed E-state index contributed by atoms with van der Waals surface area (Å²) in [7, 11) is 0. The van der Waals surface area contributed by atoms with E-state index in [1.54, 1.807) is 0 Å². The lowest BCUT2D eigenvalue weighted by Gasteiger charge is -2.27. The molecule has 2 nitrogen and oxygen atoms in total. The van der Waals surface area contributed by atoms with Crippen LogP contribution >= 0.6 is 0 Å². The van der Waals surface area contributed by atoms with E-state index in [-0.39, 0.29) is 0 Å². The van der Waals surface area contributed by atoms with Crippen molar-refractivity contribution in [2.24, 2.45) is 5.73 Å². The monoisotopic (exact) mass is 204 g/mol. The molecule has 1 aromatic rings. The first-order valence-electron chi connectivity index (χ1n) is 5.86. The van der Waals surface area contributed by atoms with Crippen molar-refractivity contribution in [3.8, 4) is 0 Å². The summed E-state index contributed by atoms with van der Waals surface area (Å²) in [5.41, 5.74) is 7.38. The number of hydrogen-bond acceptors (Lipinski definition) is 2. The zero-order valence-electron chi connectivity index (χ0n) is 9.39. The smallest absolute Gasteiger partial charge is 0.0346 e. The van der Waals surface area contributed by atoms with Crippen molar-refractivity contribution >= 4 is 0 Å². The fourth-order valence-corrected chi connectivity index (χ4v) is 2.48. The van der Waals surface area contributed by atoms with Crippen molar-refractivity contribution in [3.63, 3.8) is 0 Å². The highest BCUT2D eigenvalue weighted by molar-refractivity contribution is 5.19. The molecule has 1 aliphatic rings. The van der Waals surface area contributed by atoms with Crippen LogP contribution in [0.3, 0.4) is 0 Å². The molecule has 0 aliphatic carbocycles. The SMILES string of the molecule is CCC(c1ccccc1)N1CC[C@@H](N)C1. The Morgan fingerprint density at radius 1 is 1.40 bits per heavy atom. The van der Waals surface area contributed by atoms with Gasteiger partial charge in [0.1, 0.15) is 0 Å². The lowest BCUT2D eigenvalue weighted by Crippen LogP contribution is -2.29. The van der Waals surface area contributed by atoms with E-state index < -0.39 is 0 Å². The van der Waals surface area contributed by atoms with E-state index in [1.807, 2.05) is 0 Å². The van der Waals surface area contributed by atoms with Gasteiger partial charge in [0.2, 0.25) is 0 Å². The second-order valence-electron chi connectivity index (χ2n) is 4.38. The topological polar surface area (TPSA) is 29.3 Å². The first-order chi connectivity index (χ1) is 7.31. The maximum Gasteiger partial charge on any atom is 0.0346 e. The van der Waals surface area contributed by atoms with Crippen LogP contribution in [-0.2, 0) is 0 Å². The quantitative estimate of drug-likeness (QED) is 0.817. The molecule has 2 atom stereocenters. The number of nitrogens with zero attached hydrogens (tertiary/aromatic N) is 1. The third kappa shape index (κ3) is 2.39. The molecule has 82 valence electrons. The molecule has 1 saturated heterocycles. The summed E-state index contributed by atoms with van der Waals surface area (Å²) in [5, 5.41) is 0. The van der Waals surface area contributed by atoms with E-state index in [9.17, 15) is 0 Å². The summed E-state index contributed by atoms with van der Waals surface area (Å²) in [5.74, 6) is 0. The van der Waals surface area contributed by atoms with Gasteiger partial charge in [0.15, 0.2) is 0 Å². The summed E-state index contributed by atoms with van der Waals surface area (Å²) in [6, 6.07) is 11.7. The van der Waals surface area contributed by atoms with Gasteiger partial charge in [-0.1, -0.05) is 37.3 Å². The van der Waals surface area contributed by atoms with E-state index in [0.29, 0.717) is 12.1 Å². The van der Waals surface area contributed by atoms with Crippen LogP contribution in [0.4, 0.5) is 0 Å². The summed E-state index contributed by atoms with van der Waals surface area (Å²) in [4.78, 5) is 2.51. The molecule has 0 saturated carbocycles. The number of hydrogen-bond donors (Lipinski definition) is 1. The number of nitrogens with two attached hydrogens (primary N) is 1. The second kappa shape index (κ2) is 4.77. The standard InChI is InChI=1S/C13H20N2/c1-2-13(11-6-4-3-5-7-11)15-9-8-12(14)10-15/h3-7,12-13H,2,8-10,14H2,1H3/t12-,13?/m1/s1. The molecule has 0 amide bonds. The molecule has 1 fully saturated rings. The van der Waals surface area contributed by atoms with Gasteiger partial charge in [0, 0.05) is 25.2 Å². The van der Waals surface area contributed by atoms with Crippen molar-refractivity contribution in [3.05, 3.63) is 35.9 Å². The van der Waals surface area contributed by atoms with Crippen LogP contribution in [-0.4, -0.2) is 24.0 Å². The van der Waals surface area contributed by atoms with Gasteiger partial charge in [-0.05, 0) is 18.4 Å². The zero-order chi connectivity index (χ0) is 10.7. The molecule has 0 radical (unpaired) electrons. The minimum atomic E-state index is 0.378. The van der Waals surface area contributed by atoms with Gasteiger partial charge in [-0.2, -0.15) is 0 Å². The minimum absolute atomic E-state index is 0.378. The first kappa shape index (κ1) is 10.7. The highest BCUT2D eigenvalue weighted by atomic mass is 15.2. The van der Waals surface area contributed by atoms with Crippen LogP contribution in [0.5, 0.6) is 0 Å². The van der Waals surface area contributed by atoms with Crippen LogP contribution in [0.25, 0.3) is 0 Å². The first-order valence-corrected chi connectivity index (χ1v) is 5.86. The molecule has 15 heavy (non-hydrogen) atoms. The highest BCUT2D eigenvalue weighted by Crippen LogP contribution is 2.27. The number of likely N-dealkylation sites (tertiary alicyclic amines) is 1. The zero-order valence-corrected chi connectivity index (χ0v) is 9.39. The van der Waals surface area contributed by atoms with Crippen molar-refractivity contribution in [2.45, 2.75) is 31.8 Å². The van der Waals surface area contributed by atoms with Gasteiger partial charge in [-0.25, -0.2) is 0 Å². The molecular formula is C13H20N2. The highest BCUT2D eigenvalue weighted by Gasteiger charge is 2.25. The second-order valence-corrected chi connectivity index (χ2v) is 4.38. The van der Waals surface area contributed by atoms with Crippen LogP contribution in [0.2, 0.25) is 0 Å². The molecule has 1 aromatic carbocycles. The molecule has 0 bridgehead atoms. The average molecular weight is 204 g/mol. The van der Waals surface area contributed by atoms with Crippen LogP contribution in [0.15, 0.2) is 30.3 Å². The third-order valence-corrected chi connectivity index (χ3v) is 3.27. The molecule has 1 heterocycles. The van der Waals surface area contributed by atoms with Gasteiger partial charge < -0.3 is 5.73 Å². The molecule has 2 rings (SSSR count). The van der Waals surface area contributed by atoms with E-state index in [2.05, 4.69) is 42.2 Å². The van der Waals surface area contributed by atoms with Crippen LogP contribution < -0.4 is 5.73 Å². The molecular weight excluding hydrogens is 184 g/mol. The van der Waals surface area contributed by atoms with Gasteiger partial charge in [0.25, 0.3) is 0 Å². The Balaban J connectivity index is 2.11. The van der Waals surface area contributed by atoms with E-state index in [4.69, 9.17) is 5.73 Å². The maximum atomic E-state index is 5.95. The Bertz CT molecular complexity index is 297. The predicted octanol–water partition coefficient (Wildman–Crippen LogP) is 2.17. The van der Waals surface area contributed by atoms with Crippen LogP contribution in [0, 0.1) is 0 Å². The summed E-state index contributed by atoms with van der Waals surface area (Å²) in [6.45, 7) is 4.45. The average Bonchev–Trinajstić information content (AvgIpc) is 2.68. The Labute approximate surface area is 92.1 Å². The van der Waals surface area contributed by atoms with Gasteiger partial charge >= 0.3 is 0 Å².